The topological polar surface area (TPSA) is 30.5 Å². The van der Waals surface area contributed by atoms with Crippen LogP contribution < -0.4 is 14.8 Å². The maximum atomic E-state index is 5.68. The quantitative estimate of drug-likeness (QED) is 0.733. The van der Waals surface area contributed by atoms with Gasteiger partial charge in [-0.1, -0.05) is 0 Å². The van der Waals surface area contributed by atoms with Gasteiger partial charge < -0.3 is 14.8 Å². The number of thioether (sulfide) groups is 1. The molecule has 1 aromatic rings. The zero-order valence-electron chi connectivity index (χ0n) is 10.9. The lowest BCUT2D eigenvalue weighted by Crippen LogP contribution is -2.43. The van der Waals surface area contributed by atoms with Crippen molar-refractivity contribution >= 4 is 11.8 Å². The first kappa shape index (κ1) is 13.6. The van der Waals surface area contributed by atoms with E-state index in [4.69, 9.17) is 9.47 Å². The minimum absolute atomic E-state index is 0.701. The molecule has 0 radical (unpaired) electrons. The third-order valence-electron chi connectivity index (χ3n) is 2.85. The van der Waals surface area contributed by atoms with Crippen molar-refractivity contribution in [3.05, 3.63) is 24.3 Å². The Morgan fingerprint density at radius 2 is 1.83 bits per heavy atom. The molecule has 0 aliphatic carbocycles. The fourth-order valence-corrected chi connectivity index (χ4v) is 2.67. The molecule has 1 fully saturated rings. The largest absolute Gasteiger partial charge is 0.494 e. The molecule has 1 saturated heterocycles. The van der Waals surface area contributed by atoms with Crippen LogP contribution >= 0.6 is 11.8 Å². The van der Waals surface area contributed by atoms with Crippen LogP contribution in [0.2, 0.25) is 0 Å². The molecule has 0 atom stereocenters. The minimum atomic E-state index is 0.701. The Morgan fingerprint density at radius 3 is 2.39 bits per heavy atom. The van der Waals surface area contributed by atoms with Crippen LogP contribution in [0.1, 0.15) is 6.92 Å². The summed E-state index contributed by atoms with van der Waals surface area (Å²) in [6.45, 7) is 5.84. The van der Waals surface area contributed by atoms with E-state index in [0.717, 1.165) is 29.8 Å². The van der Waals surface area contributed by atoms with Gasteiger partial charge >= 0.3 is 0 Å². The Hall–Kier alpha value is -0.870. The number of hydrogen-bond acceptors (Lipinski definition) is 4. The number of hydrogen-bond donors (Lipinski definition) is 1. The molecule has 1 aromatic carbocycles. The molecule has 0 amide bonds. The maximum absolute atomic E-state index is 5.68. The second-order valence-corrected chi connectivity index (χ2v) is 5.50. The Kier molecular flexibility index (Phi) is 5.68. The van der Waals surface area contributed by atoms with Crippen LogP contribution in [0.4, 0.5) is 0 Å². The zero-order chi connectivity index (χ0) is 12.6. The summed E-state index contributed by atoms with van der Waals surface area (Å²) in [6.07, 6.45) is 0. The van der Waals surface area contributed by atoms with E-state index in [1.165, 1.54) is 18.8 Å². The Morgan fingerprint density at radius 1 is 1.17 bits per heavy atom. The third-order valence-corrected chi connectivity index (χ3v) is 4.01. The summed E-state index contributed by atoms with van der Waals surface area (Å²) in [5, 5.41) is 3.29. The van der Waals surface area contributed by atoms with Gasteiger partial charge in [0.05, 0.1) is 13.2 Å². The van der Waals surface area contributed by atoms with Gasteiger partial charge in [0.25, 0.3) is 0 Å². The van der Waals surface area contributed by atoms with Crippen LogP contribution in [-0.2, 0) is 0 Å². The fraction of sp³-hybridized carbons (Fsp3) is 0.571. The van der Waals surface area contributed by atoms with Gasteiger partial charge in [-0.3, -0.25) is 0 Å². The van der Waals surface area contributed by atoms with E-state index < -0.39 is 0 Å². The first-order valence-electron chi connectivity index (χ1n) is 6.52. The van der Waals surface area contributed by atoms with Gasteiger partial charge in [0, 0.05) is 5.75 Å². The first-order chi connectivity index (χ1) is 8.88. The molecule has 1 aliphatic rings. The molecule has 18 heavy (non-hydrogen) atoms. The normalized spacial score (nSPS) is 15.2. The average Bonchev–Trinajstić information content (AvgIpc) is 2.34. The van der Waals surface area contributed by atoms with E-state index in [-0.39, 0.29) is 0 Å². The molecule has 3 nitrogen and oxygen atoms in total. The highest BCUT2D eigenvalue weighted by molar-refractivity contribution is 7.99. The van der Waals surface area contributed by atoms with Crippen molar-refractivity contribution in [2.75, 3.05) is 37.8 Å². The number of ether oxygens (including phenoxy) is 2. The second kappa shape index (κ2) is 7.54. The molecule has 0 saturated carbocycles. The smallest absolute Gasteiger partial charge is 0.119 e. The Balaban J connectivity index is 1.57. The SMILES string of the molecule is CCOc1ccc(OCCSCC2CNC2)cc1. The van der Waals surface area contributed by atoms with Crippen molar-refractivity contribution in [2.45, 2.75) is 6.92 Å². The van der Waals surface area contributed by atoms with Crippen LogP contribution in [0.25, 0.3) is 0 Å². The summed E-state index contributed by atoms with van der Waals surface area (Å²) >= 11 is 1.98. The van der Waals surface area contributed by atoms with Gasteiger partial charge in [-0.2, -0.15) is 11.8 Å². The Bertz CT molecular complexity index is 338. The average molecular weight is 267 g/mol. The summed E-state index contributed by atoms with van der Waals surface area (Å²) in [5.41, 5.74) is 0. The van der Waals surface area contributed by atoms with E-state index in [0.29, 0.717) is 6.61 Å². The molecular formula is C14H21NO2S. The molecular weight excluding hydrogens is 246 g/mol. The van der Waals surface area contributed by atoms with Gasteiger partial charge in [0.1, 0.15) is 11.5 Å². The van der Waals surface area contributed by atoms with E-state index in [1.54, 1.807) is 0 Å². The molecule has 2 rings (SSSR count). The van der Waals surface area contributed by atoms with Crippen LogP contribution in [0.5, 0.6) is 11.5 Å². The zero-order valence-corrected chi connectivity index (χ0v) is 11.7. The van der Waals surface area contributed by atoms with Crippen LogP contribution in [-0.4, -0.2) is 37.8 Å². The number of benzene rings is 1. The lowest BCUT2D eigenvalue weighted by Gasteiger charge is -2.26. The van der Waals surface area contributed by atoms with Crippen molar-refractivity contribution in [1.82, 2.24) is 5.32 Å². The summed E-state index contributed by atoms with van der Waals surface area (Å²) in [6, 6.07) is 7.83. The van der Waals surface area contributed by atoms with Gasteiger partial charge in [-0.05, 0) is 55.9 Å². The standard InChI is InChI=1S/C14H21NO2S/c1-2-16-13-3-5-14(6-4-13)17-7-8-18-11-12-9-15-10-12/h3-6,12,15H,2,7-11H2,1H3. The van der Waals surface area contributed by atoms with E-state index in [2.05, 4.69) is 5.32 Å². The van der Waals surface area contributed by atoms with Crippen molar-refractivity contribution in [1.29, 1.82) is 0 Å². The molecule has 0 aromatic heterocycles. The van der Waals surface area contributed by atoms with E-state index in [1.807, 2.05) is 43.0 Å². The van der Waals surface area contributed by atoms with E-state index in [9.17, 15) is 0 Å². The highest BCUT2D eigenvalue weighted by Crippen LogP contribution is 2.18. The van der Waals surface area contributed by atoms with E-state index >= 15 is 0 Å². The van der Waals surface area contributed by atoms with Gasteiger partial charge in [0.15, 0.2) is 0 Å². The van der Waals surface area contributed by atoms with Crippen LogP contribution in [0.15, 0.2) is 24.3 Å². The lowest BCUT2D eigenvalue weighted by atomic mass is 10.1. The Labute approximate surface area is 113 Å². The highest BCUT2D eigenvalue weighted by Gasteiger charge is 2.15. The monoisotopic (exact) mass is 267 g/mol. The lowest BCUT2D eigenvalue weighted by molar-refractivity contribution is 0.332. The predicted octanol–water partition coefficient (Wildman–Crippen LogP) is 2.42. The number of nitrogens with one attached hydrogen (secondary N) is 1. The minimum Gasteiger partial charge on any atom is -0.494 e. The van der Waals surface area contributed by atoms with Crippen molar-refractivity contribution in [3.8, 4) is 11.5 Å². The molecule has 0 bridgehead atoms. The molecule has 0 spiro atoms. The molecule has 1 heterocycles. The second-order valence-electron chi connectivity index (χ2n) is 4.35. The van der Waals surface area contributed by atoms with Gasteiger partial charge in [-0.15, -0.1) is 0 Å². The van der Waals surface area contributed by atoms with Gasteiger partial charge in [-0.25, -0.2) is 0 Å². The predicted molar refractivity (Wildman–Crippen MR) is 76.8 cm³/mol. The summed E-state index contributed by atoms with van der Waals surface area (Å²) < 4.78 is 11.1. The fourth-order valence-electron chi connectivity index (χ4n) is 1.73. The van der Waals surface area contributed by atoms with Crippen LogP contribution in [0, 0.1) is 5.92 Å². The molecule has 1 N–H and O–H groups in total. The summed E-state index contributed by atoms with van der Waals surface area (Å²) in [4.78, 5) is 0. The molecule has 4 heteroatoms. The van der Waals surface area contributed by atoms with Crippen molar-refractivity contribution in [3.63, 3.8) is 0 Å². The maximum Gasteiger partial charge on any atom is 0.119 e. The summed E-state index contributed by atoms with van der Waals surface area (Å²) in [7, 11) is 0. The van der Waals surface area contributed by atoms with Crippen LogP contribution in [0.3, 0.4) is 0 Å². The summed E-state index contributed by atoms with van der Waals surface area (Å²) in [5.74, 6) is 5.00. The van der Waals surface area contributed by atoms with Gasteiger partial charge in [0.2, 0.25) is 0 Å². The molecule has 0 unspecified atom stereocenters. The third kappa shape index (κ3) is 4.42. The van der Waals surface area contributed by atoms with Crippen molar-refractivity contribution < 1.29 is 9.47 Å². The number of rotatable bonds is 8. The highest BCUT2D eigenvalue weighted by atomic mass is 32.2. The first-order valence-corrected chi connectivity index (χ1v) is 7.68. The van der Waals surface area contributed by atoms with Crippen molar-refractivity contribution in [2.24, 2.45) is 5.92 Å². The molecule has 100 valence electrons. The molecule has 1 aliphatic heterocycles.